The molecule has 0 atom stereocenters. The number of hydrogen-bond donors (Lipinski definition) is 1. The van der Waals surface area contributed by atoms with Crippen molar-refractivity contribution in [3.8, 4) is 5.88 Å². The predicted molar refractivity (Wildman–Crippen MR) is 63.3 cm³/mol. The minimum atomic E-state index is -2.48. The molecule has 0 amide bonds. The minimum Gasteiger partial charge on any atom is -0.471 e. The second-order valence-electron chi connectivity index (χ2n) is 3.98. The number of halogens is 3. The summed E-state index contributed by atoms with van der Waals surface area (Å²) in [5.41, 5.74) is 0.798. The van der Waals surface area contributed by atoms with Gasteiger partial charge in [0.25, 0.3) is 6.43 Å². The Labute approximate surface area is 107 Å². The van der Waals surface area contributed by atoms with Crippen LogP contribution in [0.2, 0.25) is 0 Å². The summed E-state index contributed by atoms with van der Waals surface area (Å²) < 4.78 is 30.0. The number of ether oxygens (including phenoxy) is 1. The van der Waals surface area contributed by atoms with E-state index in [1.165, 1.54) is 12.8 Å². The highest BCUT2D eigenvalue weighted by molar-refractivity contribution is 9.10. The topological polar surface area (TPSA) is 34.1 Å². The van der Waals surface area contributed by atoms with Gasteiger partial charge in [-0.05, 0) is 34.8 Å². The van der Waals surface area contributed by atoms with Crippen LogP contribution in [0.3, 0.4) is 0 Å². The smallest absolute Gasteiger partial charge is 0.272 e. The lowest BCUT2D eigenvalue weighted by atomic mass is 10.2. The Morgan fingerprint density at radius 1 is 1.53 bits per heavy atom. The first-order valence-corrected chi connectivity index (χ1v) is 6.23. The molecule has 0 unspecified atom stereocenters. The molecule has 1 aromatic rings. The molecule has 0 spiro atoms. The van der Waals surface area contributed by atoms with E-state index >= 15 is 0 Å². The van der Waals surface area contributed by atoms with Crippen molar-refractivity contribution in [3.05, 3.63) is 22.3 Å². The van der Waals surface area contributed by atoms with Crippen LogP contribution in [-0.4, -0.2) is 24.1 Å². The lowest BCUT2D eigenvalue weighted by molar-refractivity contribution is 0.0790. The standard InChI is InChI=1S/C11H13BrF2N2O/c12-8-3-7(4-15-9-1-2-9)11(16-5-8)17-6-10(13)14/h3,5,9-10,15H,1-2,4,6H2. The van der Waals surface area contributed by atoms with Crippen molar-refractivity contribution in [1.29, 1.82) is 0 Å². The third-order valence-corrected chi connectivity index (χ3v) is 2.83. The number of hydrogen-bond acceptors (Lipinski definition) is 3. The quantitative estimate of drug-likeness (QED) is 0.877. The van der Waals surface area contributed by atoms with Crippen molar-refractivity contribution in [2.75, 3.05) is 6.61 Å². The Balaban J connectivity index is 2.00. The first kappa shape index (κ1) is 12.7. The van der Waals surface area contributed by atoms with Crippen LogP contribution in [0.15, 0.2) is 16.7 Å². The van der Waals surface area contributed by atoms with Gasteiger partial charge in [0.05, 0.1) is 0 Å². The van der Waals surface area contributed by atoms with Gasteiger partial charge in [0, 0.05) is 28.8 Å². The maximum absolute atomic E-state index is 12.1. The molecule has 1 saturated carbocycles. The first-order valence-electron chi connectivity index (χ1n) is 5.44. The third-order valence-electron chi connectivity index (χ3n) is 2.40. The molecule has 6 heteroatoms. The molecule has 2 rings (SSSR count). The van der Waals surface area contributed by atoms with Gasteiger partial charge >= 0.3 is 0 Å². The molecule has 0 radical (unpaired) electrons. The number of aromatic nitrogens is 1. The molecule has 0 saturated heterocycles. The van der Waals surface area contributed by atoms with Gasteiger partial charge in [0.2, 0.25) is 5.88 Å². The Kier molecular flexibility index (Phi) is 4.28. The van der Waals surface area contributed by atoms with Crippen molar-refractivity contribution in [2.24, 2.45) is 0 Å². The van der Waals surface area contributed by atoms with Gasteiger partial charge < -0.3 is 10.1 Å². The van der Waals surface area contributed by atoms with E-state index in [0.29, 0.717) is 12.6 Å². The van der Waals surface area contributed by atoms with Gasteiger partial charge in [-0.1, -0.05) is 0 Å². The van der Waals surface area contributed by atoms with E-state index in [9.17, 15) is 8.78 Å². The van der Waals surface area contributed by atoms with Crippen LogP contribution >= 0.6 is 15.9 Å². The summed E-state index contributed by atoms with van der Waals surface area (Å²) in [7, 11) is 0. The number of nitrogens with one attached hydrogen (secondary N) is 1. The highest BCUT2D eigenvalue weighted by Gasteiger charge is 2.21. The lowest BCUT2D eigenvalue weighted by Crippen LogP contribution is -2.17. The number of rotatable bonds is 6. The zero-order chi connectivity index (χ0) is 12.3. The zero-order valence-corrected chi connectivity index (χ0v) is 10.7. The van der Waals surface area contributed by atoms with Crippen molar-refractivity contribution >= 4 is 15.9 Å². The largest absolute Gasteiger partial charge is 0.471 e. The molecule has 17 heavy (non-hydrogen) atoms. The van der Waals surface area contributed by atoms with E-state index in [2.05, 4.69) is 26.2 Å². The summed E-state index contributed by atoms with van der Waals surface area (Å²) in [5, 5.41) is 3.30. The molecule has 94 valence electrons. The average Bonchev–Trinajstić information content (AvgIpc) is 3.08. The van der Waals surface area contributed by atoms with E-state index in [4.69, 9.17) is 4.74 Å². The molecule has 1 heterocycles. The van der Waals surface area contributed by atoms with Crippen LogP contribution in [0.1, 0.15) is 18.4 Å². The second kappa shape index (κ2) is 5.73. The fourth-order valence-electron chi connectivity index (χ4n) is 1.41. The Morgan fingerprint density at radius 3 is 2.94 bits per heavy atom. The molecule has 1 N–H and O–H groups in total. The van der Waals surface area contributed by atoms with E-state index in [1.54, 1.807) is 6.20 Å². The van der Waals surface area contributed by atoms with Gasteiger partial charge in [-0.25, -0.2) is 13.8 Å². The molecule has 1 fully saturated rings. The van der Waals surface area contributed by atoms with Gasteiger partial charge in [-0.15, -0.1) is 0 Å². The lowest BCUT2D eigenvalue weighted by Gasteiger charge is -2.11. The molecule has 1 aliphatic carbocycles. The van der Waals surface area contributed by atoms with Crippen LogP contribution in [0, 0.1) is 0 Å². The monoisotopic (exact) mass is 306 g/mol. The molecule has 0 bridgehead atoms. The van der Waals surface area contributed by atoms with Crippen LogP contribution in [0.5, 0.6) is 5.88 Å². The maximum Gasteiger partial charge on any atom is 0.272 e. The summed E-state index contributed by atoms with van der Waals surface area (Å²) in [6.45, 7) is -0.0270. The van der Waals surface area contributed by atoms with E-state index in [0.717, 1.165) is 10.0 Å². The third kappa shape index (κ3) is 4.20. The fourth-order valence-corrected chi connectivity index (χ4v) is 1.79. The summed E-state index contributed by atoms with van der Waals surface area (Å²) in [6.07, 6.45) is 1.41. The molecular formula is C11H13BrF2N2O. The molecule has 0 aliphatic heterocycles. The van der Waals surface area contributed by atoms with Crippen LogP contribution in [-0.2, 0) is 6.54 Å². The minimum absolute atomic E-state index is 0.279. The van der Waals surface area contributed by atoms with Crippen LogP contribution in [0.4, 0.5) is 8.78 Å². The van der Waals surface area contributed by atoms with Crippen LogP contribution in [0.25, 0.3) is 0 Å². The van der Waals surface area contributed by atoms with E-state index in [-0.39, 0.29) is 5.88 Å². The van der Waals surface area contributed by atoms with Crippen molar-refractivity contribution in [2.45, 2.75) is 31.9 Å². The van der Waals surface area contributed by atoms with Crippen LogP contribution < -0.4 is 10.1 Å². The normalized spacial score (nSPS) is 15.3. The average molecular weight is 307 g/mol. The molecule has 0 aromatic carbocycles. The summed E-state index contributed by atoms with van der Waals surface area (Å²) >= 11 is 3.31. The second-order valence-corrected chi connectivity index (χ2v) is 4.89. The fraction of sp³-hybridized carbons (Fsp3) is 0.545. The molecule has 1 aliphatic rings. The zero-order valence-electron chi connectivity index (χ0n) is 9.13. The Morgan fingerprint density at radius 2 is 2.29 bits per heavy atom. The first-order chi connectivity index (χ1) is 8.15. The summed E-state index contributed by atoms with van der Waals surface area (Å²) in [5.74, 6) is 0.279. The van der Waals surface area contributed by atoms with E-state index in [1.807, 2.05) is 6.07 Å². The van der Waals surface area contributed by atoms with Gasteiger partial charge in [0.15, 0.2) is 6.61 Å². The summed E-state index contributed by atoms with van der Waals surface area (Å²) in [6, 6.07) is 2.39. The van der Waals surface area contributed by atoms with Gasteiger partial charge in [-0.3, -0.25) is 0 Å². The molecule has 1 aromatic heterocycles. The molecule has 3 nitrogen and oxygen atoms in total. The highest BCUT2D eigenvalue weighted by Crippen LogP contribution is 2.23. The maximum atomic E-state index is 12.1. The van der Waals surface area contributed by atoms with Crippen molar-refractivity contribution in [1.82, 2.24) is 10.3 Å². The SMILES string of the molecule is FC(F)COc1ncc(Br)cc1CNC1CC1. The summed E-state index contributed by atoms with van der Waals surface area (Å²) in [4.78, 5) is 4.01. The predicted octanol–water partition coefficient (Wildman–Crippen LogP) is 2.74. The highest BCUT2D eigenvalue weighted by atomic mass is 79.9. The Bertz CT molecular complexity index is 386. The number of pyridine rings is 1. The number of nitrogens with zero attached hydrogens (tertiary/aromatic N) is 1. The van der Waals surface area contributed by atoms with Gasteiger partial charge in [0.1, 0.15) is 0 Å². The Hall–Kier alpha value is -0.750. The van der Waals surface area contributed by atoms with Crippen molar-refractivity contribution in [3.63, 3.8) is 0 Å². The number of alkyl halides is 2. The van der Waals surface area contributed by atoms with E-state index < -0.39 is 13.0 Å². The van der Waals surface area contributed by atoms with Crippen molar-refractivity contribution < 1.29 is 13.5 Å². The van der Waals surface area contributed by atoms with Gasteiger partial charge in [-0.2, -0.15) is 0 Å². The molecular weight excluding hydrogens is 294 g/mol.